The molecule has 0 unspecified atom stereocenters. The highest BCUT2D eigenvalue weighted by atomic mass is 16.5. The van der Waals surface area contributed by atoms with Gasteiger partial charge >= 0.3 is 5.97 Å². The van der Waals surface area contributed by atoms with Gasteiger partial charge in [0.15, 0.2) is 0 Å². The lowest BCUT2D eigenvalue weighted by Gasteiger charge is -2.06. The van der Waals surface area contributed by atoms with E-state index in [4.69, 9.17) is 19.2 Å². The van der Waals surface area contributed by atoms with Gasteiger partial charge in [-0.3, -0.25) is 0 Å². The highest BCUT2D eigenvalue weighted by Crippen LogP contribution is 2.21. The summed E-state index contributed by atoms with van der Waals surface area (Å²) in [6.07, 6.45) is 0.872. The summed E-state index contributed by atoms with van der Waals surface area (Å²) in [5, 5.41) is 10.7. The second-order valence-corrected chi connectivity index (χ2v) is 5.46. The van der Waals surface area contributed by atoms with Crippen molar-refractivity contribution in [3.63, 3.8) is 0 Å². The van der Waals surface area contributed by atoms with Crippen LogP contribution in [0.25, 0.3) is 10.8 Å². The fourth-order valence-electron chi connectivity index (χ4n) is 2.36. The third kappa shape index (κ3) is 4.39. The number of nitrogens with zero attached hydrogens (tertiary/aromatic N) is 1. The maximum absolute atomic E-state index is 11.8. The Bertz CT molecular complexity index is 907. The maximum atomic E-state index is 11.8. The van der Waals surface area contributed by atoms with Crippen LogP contribution in [-0.2, 0) is 11.3 Å². The lowest BCUT2D eigenvalue weighted by atomic mass is 10.1. The molecule has 25 heavy (non-hydrogen) atoms. The van der Waals surface area contributed by atoms with Crippen LogP contribution >= 0.6 is 0 Å². The van der Waals surface area contributed by atoms with Gasteiger partial charge in [0.2, 0.25) is 5.76 Å². The predicted octanol–water partition coefficient (Wildman–Crippen LogP) is 4.47. The molecule has 0 aliphatic carbocycles. The summed E-state index contributed by atoms with van der Waals surface area (Å²) in [5.74, 6) is 0.872. The second kappa shape index (κ2) is 8.02. The molecule has 0 spiro atoms. The number of furan rings is 1. The summed E-state index contributed by atoms with van der Waals surface area (Å²) >= 11 is 0. The zero-order valence-corrected chi connectivity index (χ0v) is 13.6. The highest BCUT2D eigenvalue weighted by Gasteiger charge is 2.13. The molecule has 0 atom stereocenters. The first-order valence-electron chi connectivity index (χ1n) is 8.00. The van der Waals surface area contributed by atoms with Crippen LogP contribution in [0.4, 0.5) is 0 Å². The monoisotopic (exact) mass is 335 g/mol. The molecular formula is C20H17NO4. The Labute approximate surface area is 145 Å². The Morgan fingerprint density at radius 1 is 1.08 bits per heavy atom. The van der Waals surface area contributed by atoms with Crippen molar-refractivity contribution >= 4 is 16.7 Å². The van der Waals surface area contributed by atoms with Crippen molar-refractivity contribution in [2.45, 2.75) is 19.4 Å². The predicted molar refractivity (Wildman–Crippen MR) is 92.1 cm³/mol. The van der Waals surface area contributed by atoms with Crippen LogP contribution in [0.5, 0.6) is 5.75 Å². The van der Waals surface area contributed by atoms with E-state index in [0.717, 1.165) is 16.5 Å². The average Bonchev–Trinajstić information content (AvgIpc) is 3.12. The minimum Gasteiger partial charge on any atom is -0.486 e. The third-order valence-corrected chi connectivity index (χ3v) is 3.63. The number of esters is 1. The van der Waals surface area contributed by atoms with E-state index < -0.39 is 5.97 Å². The normalized spacial score (nSPS) is 10.4. The Morgan fingerprint density at radius 3 is 2.76 bits per heavy atom. The number of unbranched alkanes of at least 4 members (excludes halogenated alkanes) is 1. The number of benzene rings is 2. The Balaban J connectivity index is 1.55. The number of fused-ring (bicyclic) bond motifs is 1. The van der Waals surface area contributed by atoms with Crippen LogP contribution in [0.2, 0.25) is 0 Å². The molecule has 0 saturated heterocycles. The molecule has 0 aliphatic heterocycles. The van der Waals surface area contributed by atoms with E-state index in [9.17, 15) is 4.79 Å². The summed E-state index contributed by atoms with van der Waals surface area (Å²) in [6.45, 7) is 0.427. The standard InChI is InChI=1S/C20H17NO4/c21-11-3-4-12-23-20(22)19-10-9-18(25-19)14-24-17-8-7-15-5-1-2-6-16(15)13-17/h1-2,5-10,13H,3-4,12,14H2. The van der Waals surface area contributed by atoms with Gasteiger partial charge in [-0.25, -0.2) is 4.79 Å². The SMILES string of the molecule is N#CCCCOC(=O)c1ccc(COc2ccc3ccccc3c2)o1. The molecule has 3 rings (SSSR count). The summed E-state index contributed by atoms with van der Waals surface area (Å²) in [4.78, 5) is 11.8. The first-order valence-corrected chi connectivity index (χ1v) is 8.00. The molecule has 1 heterocycles. The van der Waals surface area contributed by atoms with Gasteiger partial charge in [-0.05, 0) is 41.5 Å². The fraction of sp³-hybridized carbons (Fsp3) is 0.200. The molecule has 126 valence electrons. The van der Waals surface area contributed by atoms with E-state index in [1.165, 1.54) is 0 Å². The molecule has 5 heteroatoms. The van der Waals surface area contributed by atoms with E-state index in [1.807, 2.05) is 48.5 Å². The minimum absolute atomic E-state index is 0.133. The van der Waals surface area contributed by atoms with Gasteiger partial charge in [0.05, 0.1) is 12.7 Å². The molecule has 0 N–H and O–H groups in total. The van der Waals surface area contributed by atoms with Gasteiger partial charge in [-0.1, -0.05) is 30.3 Å². The first kappa shape index (κ1) is 16.6. The molecule has 0 aliphatic rings. The van der Waals surface area contributed by atoms with Crippen molar-refractivity contribution in [3.8, 4) is 11.8 Å². The Kier molecular flexibility index (Phi) is 5.32. The minimum atomic E-state index is -0.533. The molecule has 1 aromatic heterocycles. The number of hydrogen-bond donors (Lipinski definition) is 0. The highest BCUT2D eigenvalue weighted by molar-refractivity contribution is 5.86. The lowest BCUT2D eigenvalue weighted by Crippen LogP contribution is -2.05. The van der Waals surface area contributed by atoms with Gasteiger partial charge in [0, 0.05) is 6.42 Å². The van der Waals surface area contributed by atoms with Gasteiger partial charge < -0.3 is 13.9 Å². The van der Waals surface area contributed by atoms with Crippen molar-refractivity contribution in [1.29, 1.82) is 5.26 Å². The van der Waals surface area contributed by atoms with Gasteiger partial charge in [0.1, 0.15) is 18.1 Å². The van der Waals surface area contributed by atoms with Crippen LogP contribution in [0.3, 0.4) is 0 Å². The number of carbonyl (C=O) groups excluding carboxylic acids is 1. The summed E-state index contributed by atoms with van der Waals surface area (Å²) in [5.41, 5.74) is 0. The topological polar surface area (TPSA) is 72.5 Å². The van der Waals surface area contributed by atoms with E-state index >= 15 is 0 Å². The van der Waals surface area contributed by atoms with Gasteiger partial charge in [0.25, 0.3) is 0 Å². The fourth-order valence-corrected chi connectivity index (χ4v) is 2.36. The second-order valence-electron chi connectivity index (χ2n) is 5.46. The Hall–Kier alpha value is -3.26. The van der Waals surface area contributed by atoms with Crippen molar-refractivity contribution in [1.82, 2.24) is 0 Å². The number of rotatable bonds is 7. The molecule has 0 amide bonds. The molecule has 0 saturated carbocycles. The molecular weight excluding hydrogens is 318 g/mol. The summed E-state index contributed by atoms with van der Waals surface area (Å²) in [6, 6.07) is 19.1. The van der Waals surface area contributed by atoms with E-state index in [1.54, 1.807) is 12.1 Å². The van der Waals surface area contributed by atoms with Crippen LogP contribution < -0.4 is 4.74 Å². The zero-order valence-electron chi connectivity index (χ0n) is 13.6. The molecule has 0 bridgehead atoms. The van der Waals surface area contributed by atoms with Gasteiger partial charge in [-0.2, -0.15) is 5.26 Å². The van der Waals surface area contributed by atoms with Crippen LogP contribution in [0, 0.1) is 11.3 Å². The van der Waals surface area contributed by atoms with E-state index in [0.29, 0.717) is 18.6 Å². The summed E-state index contributed by atoms with van der Waals surface area (Å²) < 4.78 is 16.2. The van der Waals surface area contributed by atoms with E-state index in [2.05, 4.69) is 0 Å². The number of nitriles is 1. The Morgan fingerprint density at radius 2 is 1.92 bits per heavy atom. The molecule has 0 radical (unpaired) electrons. The van der Waals surface area contributed by atoms with Crippen molar-refractivity contribution in [3.05, 3.63) is 66.1 Å². The average molecular weight is 335 g/mol. The van der Waals surface area contributed by atoms with Gasteiger partial charge in [-0.15, -0.1) is 0 Å². The smallest absolute Gasteiger partial charge is 0.374 e. The van der Waals surface area contributed by atoms with E-state index in [-0.39, 0.29) is 19.0 Å². The van der Waals surface area contributed by atoms with Crippen molar-refractivity contribution < 1.29 is 18.7 Å². The maximum Gasteiger partial charge on any atom is 0.374 e. The number of ether oxygens (including phenoxy) is 2. The quantitative estimate of drug-likeness (QED) is 0.470. The third-order valence-electron chi connectivity index (χ3n) is 3.63. The van der Waals surface area contributed by atoms with Crippen LogP contribution in [0.15, 0.2) is 59.0 Å². The molecule has 5 nitrogen and oxygen atoms in total. The lowest BCUT2D eigenvalue weighted by molar-refractivity contribution is 0.0461. The molecule has 2 aromatic carbocycles. The summed E-state index contributed by atoms with van der Waals surface area (Å²) in [7, 11) is 0. The molecule has 3 aromatic rings. The number of carbonyl (C=O) groups is 1. The van der Waals surface area contributed by atoms with Crippen LogP contribution in [0.1, 0.15) is 29.2 Å². The first-order chi connectivity index (χ1) is 12.3. The molecule has 0 fully saturated rings. The zero-order chi connectivity index (χ0) is 17.5. The van der Waals surface area contributed by atoms with Crippen molar-refractivity contribution in [2.75, 3.05) is 6.61 Å². The number of hydrogen-bond acceptors (Lipinski definition) is 5. The van der Waals surface area contributed by atoms with Crippen molar-refractivity contribution in [2.24, 2.45) is 0 Å². The largest absolute Gasteiger partial charge is 0.486 e. The van der Waals surface area contributed by atoms with Crippen LogP contribution in [-0.4, -0.2) is 12.6 Å².